The zero-order valence-corrected chi connectivity index (χ0v) is 12.7. The van der Waals surface area contributed by atoms with E-state index in [1.54, 1.807) is 6.92 Å². The first-order valence-electron chi connectivity index (χ1n) is 7.88. The molecule has 5 nitrogen and oxygen atoms in total. The van der Waals surface area contributed by atoms with E-state index in [1.165, 1.54) is 0 Å². The second-order valence-corrected chi connectivity index (χ2v) is 5.97. The largest absolute Gasteiger partial charge is 0.489 e. The van der Waals surface area contributed by atoms with Crippen molar-refractivity contribution in [2.75, 3.05) is 13.2 Å². The summed E-state index contributed by atoms with van der Waals surface area (Å²) in [6, 6.07) is 5.91. The molecular formula is C17H22O5. The fourth-order valence-corrected chi connectivity index (χ4v) is 3.69. The van der Waals surface area contributed by atoms with E-state index in [0.717, 1.165) is 16.9 Å². The molecule has 1 aliphatic heterocycles. The summed E-state index contributed by atoms with van der Waals surface area (Å²) in [5.74, 6) is 0.484. The SMILES string of the molecule is CCOC(=O)CCc1cccc2c1O[C@@H]1CC(O)C(CO)[C@H]21. The molecule has 2 unspecified atom stereocenters. The molecule has 1 heterocycles. The van der Waals surface area contributed by atoms with Crippen molar-refractivity contribution in [2.24, 2.45) is 5.92 Å². The molecular weight excluding hydrogens is 284 g/mol. The molecule has 0 saturated heterocycles. The summed E-state index contributed by atoms with van der Waals surface area (Å²) in [7, 11) is 0. The maximum Gasteiger partial charge on any atom is 0.306 e. The van der Waals surface area contributed by atoms with Crippen molar-refractivity contribution in [1.29, 1.82) is 0 Å². The molecule has 0 amide bonds. The highest BCUT2D eigenvalue weighted by Crippen LogP contribution is 2.51. The van der Waals surface area contributed by atoms with Crippen LogP contribution in [0.3, 0.4) is 0 Å². The van der Waals surface area contributed by atoms with E-state index < -0.39 is 6.10 Å². The third-order valence-corrected chi connectivity index (χ3v) is 4.70. The molecule has 5 heteroatoms. The van der Waals surface area contributed by atoms with Crippen LogP contribution in [0.2, 0.25) is 0 Å². The molecule has 1 aliphatic carbocycles. The van der Waals surface area contributed by atoms with Crippen molar-refractivity contribution >= 4 is 5.97 Å². The molecule has 120 valence electrons. The average molecular weight is 306 g/mol. The molecule has 2 N–H and O–H groups in total. The Morgan fingerprint density at radius 1 is 1.45 bits per heavy atom. The first-order chi connectivity index (χ1) is 10.7. The van der Waals surface area contributed by atoms with E-state index in [9.17, 15) is 15.0 Å². The second kappa shape index (κ2) is 6.26. The number of carbonyl (C=O) groups excluding carboxylic acids is 1. The molecule has 2 aliphatic rings. The highest BCUT2D eigenvalue weighted by molar-refractivity contribution is 5.70. The summed E-state index contributed by atoms with van der Waals surface area (Å²) >= 11 is 0. The molecule has 1 aromatic rings. The highest BCUT2D eigenvalue weighted by Gasteiger charge is 2.49. The Kier molecular flexibility index (Phi) is 4.36. The maximum absolute atomic E-state index is 11.5. The van der Waals surface area contributed by atoms with E-state index in [-0.39, 0.29) is 30.5 Å². The van der Waals surface area contributed by atoms with Gasteiger partial charge in [0.2, 0.25) is 0 Å². The number of hydrogen-bond donors (Lipinski definition) is 2. The summed E-state index contributed by atoms with van der Waals surface area (Å²) < 4.78 is 11.0. The molecule has 0 radical (unpaired) electrons. The number of esters is 1. The quantitative estimate of drug-likeness (QED) is 0.804. The Bertz CT molecular complexity index is 556. The summed E-state index contributed by atoms with van der Waals surface area (Å²) in [5, 5.41) is 19.6. The normalized spacial score (nSPS) is 28.9. The van der Waals surface area contributed by atoms with Crippen LogP contribution in [-0.4, -0.2) is 41.6 Å². The lowest BCUT2D eigenvalue weighted by Gasteiger charge is -2.18. The molecule has 1 saturated carbocycles. The summed E-state index contributed by atoms with van der Waals surface area (Å²) in [5.41, 5.74) is 2.04. The van der Waals surface area contributed by atoms with Crippen LogP contribution >= 0.6 is 0 Å². The van der Waals surface area contributed by atoms with Crippen molar-refractivity contribution in [2.45, 2.75) is 44.3 Å². The van der Waals surface area contributed by atoms with Gasteiger partial charge in [0, 0.05) is 36.8 Å². The van der Waals surface area contributed by atoms with Crippen LogP contribution in [0.4, 0.5) is 0 Å². The van der Waals surface area contributed by atoms with E-state index >= 15 is 0 Å². The number of benzene rings is 1. The number of ether oxygens (including phenoxy) is 2. The van der Waals surface area contributed by atoms with Gasteiger partial charge in [-0.2, -0.15) is 0 Å². The zero-order valence-electron chi connectivity index (χ0n) is 12.7. The molecule has 1 fully saturated rings. The number of fused-ring (bicyclic) bond motifs is 3. The number of hydrogen-bond acceptors (Lipinski definition) is 5. The van der Waals surface area contributed by atoms with E-state index in [2.05, 4.69) is 0 Å². The van der Waals surface area contributed by atoms with Gasteiger partial charge in [0.15, 0.2) is 0 Å². The minimum atomic E-state index is -0.517. The van der Waals surface area contributed by atoms with Crippen LogP contribution in [-0.2, 0) is 16.0 Å². The van der Waals surface area contributed by atoms with Crippen molar-refractivity contribution in [1.82, 2.24) is 0 Å². The van der Waals surface area contributed by atoms with Crippen LogP contribution in [0.5, 0.6) is 5.75 Å². The van der Waals surface area contributed by atoms with Crippen molar-refractivity contribution < 1.29 is 24.5 Å². The lowest BCUT2D eigenvalue weighted by atomic mass is 9.87. The molecule has 0 spiro atoms. The van der Waals surface area contributed by atoms with Gasteiger partial charge in [-0.05, 0) is 18.9 Å². The Labute approximate surface area is 129 Å². The van der Waals surface area contributed by atoms with Gasteiger partial charge in [-0.3, -0.25) is 4.79 Å². The number of para-hydroxylation sites is 1. The Balaban J connectivity index is 1.79. The van der Waals surface area contributed by atoms with Gasteiger partial charge in [0.1, 0.15) is 11.9 Å². The Morgan fingerprint density at radius 3 is 3.00 bits per heavy atom. The molecule has 22 heavy (non-hydrogen) atoms. The predicted octanol–water partition coefficient (Wildman–Crippen LogP) is 1.40. The lowest BCUT2D eigenvalue weighted by Crippen LogP contribution is -2.22. The van der Waals surface area contributed by atoms with E-state index in [4.69, 9.17) is 9.47 Å². The van der Waals surface area contributed by atoms with E-state index in [0.29, 0.717) is 25.9 Å². The first-order valence-corrected chi connectivity index (χ1v) is 7.88. The molecule has 3 rings (SSSR count). The molecule has 4 atom stereocenters. The summed E-state index contributed by atoms with van der Waals surface area (Å²) in [6.07, 6.45) is 0.854. The number of rotatable bonds is 5. The fraction of sp³-hybridized carbons (Fsp3) is 0.588. The maximum atomic E-state index is 11.5. The van der Waals surface area contributed by atoms with Gasteiger partial charge in [0.05, 0.1) is 12.7 Å². The van der Waals surface area contributed by atoms with Crippen LogP contribution < -0.4 is 4.74 Å². The van der Waals surface area contributed by atoms with Gasteiger partial charge in [-0.15, -0.1) is 0 Å². The third kappa shape index (κ3) is 2.59. The van der Waals surface area contributed by atoms with Crippen LogP contribution in [0, 0.1) is 5.92 Å². The Morgan fingerprint density at radius 2 is 2.27 bits per heavy atom. The van der Waals surface area contributed by atoms with Gasteiger partial charge in [-0.25, -0.2) is 0 Å². The number of carbonyl (C=O) groups is 1. The van der Waals surface area contributed by atoms with E-state index in [1.807, 2.05) is 18.2 Å². The van der Waals surface area contributed by atoms with Gasteiger partial charge >= 0.3 is 5.97 Å². The van der Waals surface area contributed by atoms with Crippen LogP contribution in [0.1, 0.15) is 36.8 Å². The number of aryl methyl sites for hydroxylation is 1. The third-order valence-electron chi connectivity index (χ3n) is 4.70. The first kappa shape index (κ1) is 15.3. The summed E-state index contributed by atoms with van der Waals surface area (Å²) in [6.45, 7) is 2.14. The topological polar surface area (TPSA) is 76.0 Å². The Hall–Kier alpha value is -1.59. The lowest BCUT2D eigenvalue weighted by molar-refractivity contribution is -0.143. The fourth-order valence-electron chi connectivity index (χ4n) is 3.69. The predicted molar refractivity (Wildman–Crippen MR) is 79.8 cm³/mol. The monoisotopic (exact) mass is 306 g/mol. The van der Waals surface area contributed by atoms with Crippen LogP contribution in [0.15, 0.2) is 18.2 Å². The number of aliphatic hydroxyl groups is 2. The van der Waals surface area contributed by atoms with Gasteiger partial charge in [0.25, 0.3) is 0 Å². The zero-order chi connectivity index (χ0) is 15.7. The minimum absolute atomic E-state index is 0.0394. The average Bonchev–Trinajstić information content (AvgIpc) is 3.00. The van der Waals surface area contributed by atoms with Gasteiger partial charge in [-0.1, -0.05) is 18.2 Å². The summed E-state index contributed by atoms with van der Waals surface area (Å²) in [4.78, 5) is 11.5. The number of aliphatic hydroxyl groups excluding tert-OH is 2. The highest BCUT2D eigenvalue weighted by atomic mass is 16.5. The molecule has 1 aromatic carbocycles. The van der Waals surface area contributed by atoms with Gasteiger partial charge < -0.3 is 19.7 Å². The van der Waals surface area contributed by atoms with Crippen LogP contribution in [0.25, 0.3) is 0 Å². The second-order valence-electron chi connectivity index (χ2n) is 5.97. The van der Waals surface area contributed by atoms with Crippen molar-refractivity contribution in [3.8, 4) is 5.75 Å². The smallest absolute Gasteiger partial charge is 0.306 e. The molecule has 0 bridgehead atoms. The molecule has 0 aromatic heterocycles. The standard InChI is InChI=1S/C17H22O5/c1-2-21-15(20)7-6-10-4-3-5-11-16-12(9-18)13(19)8-14(16)22-17(10)11/h3-5,12-14,16,18-19H,2,6-9H2,1H3/t12?,13?,14-,16+/m1/s1. The van der Waals surface area contributed by atoms with Crippen molar-refractivity contribution in [3.63, 3.8) is 0 Å². The van der Waals surface area contributed by atoms with Crippen molar-refractivity contribution in [3.05, 3.63) is 29.3 Å². The minimum Gasteiger partial charge on any atom is -0.489 e.